The fourth-order valence-electron chi connectivity index (χ4n) is 2.24. The largest absolute Gasteiger partial charge is 0.481 e. The van der Waals surface area contributed by atoms with Gasteiger partial charge >= 0.3 is 5.97 Å². The lowest BCUT2D eigenvalue weighted by molar-refractivity contribution is -0.142. The van der Waals surface area contributed by atoms with Gasteiger partial charge in [0.15, 0.2) is 0 Å². The molecule has 0 bridgehead atoms. The van der Waals surface area contributed by atoms with E-state index < -0.39 is 23.7 Å². The Labute approximate surface area is 108 Å². The Kier molecular flexibility index (Phi) is 3.26. The molecule has 6 heteroatoms. The van der Waals surface area contributed by atoms with Crippen molar-refractivity contribution in [3.63, 3.8) is 0 Å². The molecule has 0 radical (unpaired) electrons. The summed E-state index contributed by atoms with van der Waals surface area (Å²) in [5.74, 6) is -2.80. The lowest BCUT2D eigenvalue weighted by atomic mass is 9.94. The summed E-state index contributed by atoms with van der Waals surface area (Å²) < 4.78 is 13.4. The van der Waals surface area contributed by atoms with E-state index in [0.717, 1.165) is 0 Å². The number of amides is 1. The number of carboxylic acid groups (broad SMARTS) is 1. The molecule has 18 heavy (non-hydrogen) atoms. The number of halogens is 2. The van der Waals surface area contributed by atoms with E-state index in [2.05, 4.69) is 0 Å². The molecule has 1 aromatic rings. The number of likely N-dealkylation sites (tertiary alicyclic amines) is 1. The second-order valence-electron chi connectivity index (χ2n) is 4.27. The normalized spacial score (nSPS) is 23.5. The first-order valence-corrected chi connectivity index (χ1v) is 5.73. The van der Waals surface area contributed by atoms with Crippen LogP contribution in [0, 0.1) is 11.7 Å². The van der Waals surface area contributed by atoms with Crippen LogP contribution in [0.1, 0.15) is 18.0 Å². The molecule has 1 amide bonds. The SMILES string of the molecule is CN1C(=O)C[C@@H](C(=O)O)[C@@H]1c1ccc(Cl)c(F)c1. The minimum absolute atomic E-state index is 0.0300. The maximum Gasteiger partial charge on any atom is 0.309 e. The van der Waals surface area contributed by atoms with Crippen LogP contribution in [-0.4, -0.2) is 28.9 Å². The van der Waals surface area contributed by atoms with Gasteiger partial charge in [0.1, 0.15) is 5.82 Å². The lowest BCUT2D eigenvalue weighted by Crippen LogP contribution is -2.26. The smallest absolute Gasteiger partial charge is 0.309 e. The Balaban J connectivity index is 2.42. The van der Waals surface area contributed by atoms with Crippen LogP contribution in [0.5, 0.6) is 0 Å². The summed E-state index contributed by atoms with van der Waals surface area (Å²) in [5, 5.41) is 9.08. The average Bonchev–Trinajstić information content (AvgIpc) is 2.60. The summed E-state index contributed by atoms with van der Waals surface area (Å²) in [5.41, 5.74) is 0.442. The highest BCUT2D eigenvalue weighted by Gasteiger charge is 2.42. The zero-order chi connectivity index (χ0) is 13.4. The number of hydrogen-bond acceptors (Lipinski definition) is 2. The molecule has 2 rings (SSSR count). The maximum atomic E-state index is 13.4. The standard InChI is InChI=1S/C12H11ClFNO3/c1-15-10(16)5-7(12(17)18)11(15)6-2-3-8(13)9(14)4-6/h2-4,7,11H,5H2,1H3,(H,17,18)/t7-,11+/m1/s1. The van der Waals surface area contributed by atoms with Gasteiger partial charge in [0.2, 0.25) is 5.91 Å². The van der Waals surface area contributed by atoms with E-state index in [0.29, 0.717) is 5.56 Å². The maximum absolute atomic E-state index is 13.4. The highest BCUT2D eigenvalue weighted by atomic mass is 35.5. The van der Waals surface area contributed by atoms with E-state index in [-0.39, 0.29) is 17.4 Å². The molecule has 0 aliphatic carbocycles. The van der Waals surface area contributed by atoms with Crippen LogP contribution in [0.25, 0.3) is 0 Å². The van der Waals surface area contributed by atoms with Crippen molar-refractivity contribution >= 4 is 23.5 Å². The third-order valence-electron chi connectivity index (χ3n) is 3.19. The van der Waals surface area contributed by atoms with Crippen molar-refractivity contribution < 1.29 is 19.1 Å². The molecule has 0 unspecified atom stereocenters. The van der Waals surface area contributed by atoms with Crippen LogP contribution in [0.15, 0.2) is 18.2 Å². The molecular weight excluding hydrogens is 261 g/mol. The summed E-state index contributed by atoms with van der Waals surface area (Å²) >= 11 is 5.58. The number of carbonyl (C=O) groups excluding carboxylic acids is 1. The summed E-state index contributed by atoms with van der Waals surface area (Å²) in [6, 6.07) is 3.43. The van der Waals surface area contributed by atoms with Crippen molar-refractivity contribution in [2.45, 2.75) is 12.5 Å². The zero-order valence-corrected chi connectivity index (χ0v) is 10.3. The highest BCUT2D eigenvalue weighted by molar-refractivity contribution is 6.30. The van der Waals surface area contributed by atoms with Crippen molar-refractivity contribution in [3.8, 4) is 0 Å². The van der Waals surface area contributed by atoms with Crippen LogP contribution >= 0.6 is 11.6 Å². The number of hydrogen-bond donors (Lipinski definition) is 1. The molecule has 1 heterocycles. The minimum atomic E-state index is -1.06. The van der Waals surface area contributed by atoms with Crippen molar-refractivity contribution in [1.82, 2.24) is 4.90 Å². The first kappa shape index (κ1) is 12.8. The number of aliphatic carboxylic acids is 1. The van der Waals surface area contributed by atoms with Gasteiger partial charge in [-0.25, -0.2) is 4.39 Å². The van der Waals surface area contributed by atoms with Crippen molar-refractivity contribution in [2.75, 3.05) is 7.05 Å². The minimum Gasteiger partial charge on any atom is -0.481 e. The van der Waals surface area contributed by atoms with Gasteiger partial charge in [-0.15, -0.1) is 0 Å². The third kappa shape index (κ3) is 2.06. The molecule has 0 aromatic heterocycles. The Morgan fingerprint density at radius 1 is 1.56 bits per heavy atom. The van der Waals surface area contributed by atoms with Crippen LogP contribution in [-0.2, 0) is 9.59 Å². The molecule has 2 atom stereocenters. The second kappa shape index (κ2) is 4.57. The Morgan fingerprint density at radius 2 is 2.22 bits per heavy atom. The van der Waals surface area contributed by atoms with Crippen molar-refractivity contribution in [3.05, 3.63) is 34.6 Å². The Morgan fingerprint density at radius 3 is 2.78 bits per heavy atom. The first-order chi connectivity index (χ1) is 8.41. The van der Waals surface area contributed by atoms with Gasteiger partial charge in [-0.1, -0.05) is 17.7 Å². The Hall–Kier alpha value is -1.62. The molecule has 1 aliphatic heterocycles. The van der Waals surface area contributed by atoms with Gasteiger partial charge in [-0.05, 0) is 17.7 Å². The van der Waals surface area contributed by atoms with Gasteiger partial charge < -0.3 is 10.0 Å². The molecule has 0 spiro atoms. The summed E-state index contributed by atoms with van der Waals surface area (Å²) in [7, 11) is 1.52. The predicted molar refractivity (Wildman–Crippen MR) is 62.7 cm³/mol. The van der Waals surface area contributed by atoms with E-state index in [9.17, 15) is 14.0 Å². The molecule has 1 saturated heterocycles. The summed E-state index contributed by atoms with van der Waals surface area (Å²) in [6.07, 6.45) is -0.0687. The molecule has 1 aromatic carbocycles. The molecule has 4 nitrogen and oxygen atoms in total. The van der Waals surface area contributed by atoms with Gasteiger partial charge in [0.25, 0.3) is 0 Å². The summed E-state index contributed by atoms with van der Waals surface area (Å²) in [6.45, 7) is 0. The highest BCUT2D eigenvalue weighted by Crippen LogP contribution is 2.37. The second-order valence-corrected chi connectivity index (χ2v) is 4.68. The first-order valence-electron chi connectivity index (χ1n) is 5.35. The molecular formula is C12H11ClFNO3. The number of carbonyl (C=O) groups is 2. The van der Waals surface area contributed by atoms with Crippen LogP contribution in [0.2, 0.25) is 5.02 Å². The molecule has 1 fully saturated rings. The number of nitrogens with zero attached hydrogens (tertiary/aromatic N) is 1. The van der Waals surface area contributed by atoms with E-state index in [1.807, 2.05) is 0 Å². The molecule has 1 aliphatic rings. The van der Waals surface area contributed by atoms with Gasteiger partial charge in [0.05, 0.1) is 17.0 Å². The number of rotatable bonds is 2. The zero-order valence-electron chi connectivity index (χ0n) is 9.56. The van der Waals surface area contributed by atoms with Crippen molar-refractivity contribution in [1.29, 1.82) is 0 Å². The van der Waals surface area contributed by atoms with Crippen LogP contribution < -0.4 is 0 Å². The molecule has 96 valence electrons. The average molecular weight is 272 g/mol. The van der Waals surface area contributed by atoms with Crippen molar-refractivity contribution in [2.24, 2.45) is 5.92 Å². The quantitative estimate of drug-likeness (QED) is 0.896. The van der Waals surface area contributed by atoms with Gasteiger partial charge in [-0.3, -0.25) is 9.59 Å². The van der Waals surface area contributed by atoms with Gasteiger partial charge in [0, 0.05) is 13.5 Å². The van der Waals surface area contributed by atoms with Crippen LogP contribution in [0.3, 0.4) is 0 Å². The Bertz CT molecular complexity index is 520. The summed E-state index contributed by atoms with van der Waals surface area (Å²) in [4.78, 5) is 24.0. The fourth-order valence-corrected chi connectivity index (χ4v) is 2.36. The van der Waals surface area contributed by atoms with Gasteiger partial charge in [-0.2, -0.15) is 0 Å². The molecule has 0 saturated carbocycles. The van der Waals surface area contributed by atoms with E-state index >= 15 is 0 Å². The van der Waals surface area contributed by atoms with Crippen LogP contribution in [0.4, 0.5) is 4.39 Å². The topological polar surface area (TPSA) is 57.6 Å². The number of carboxylic acids is 1. The fraction of sp³-hybridized carbons (Fsp3) is 0.333. The predicted octanol–water partition coefficient (Wildman–Crippen LogP) is 2.08. The third-order valence-corrected chi connectivity index (χ3v) is 3.50. The molecule has 1 N–H and O–H groups in total. The van der Waals surface area contributed by atoms with E-state index in [1.165, 1.54) is 24.1 Å². The lowest BCUT2D eigenvalue weighted by Gasteiger charge is -2.23. The van der Waals surface area contributed by atoms with E-state index in [1.54, 1.807) is 6.07 Å². The van der Waals surface area contributed by atoms with E-state index in [4.69, 9.17) is 16.7 Å². The number of benzene rings is 1. The monoisotopic (exact) mass is 271 g/mol.